The quantitative estimate of drug-likeness (QED) is 0.436. The fraction of sp³-hybridized carbons (Fsp3) is 0.182. The van der Waals surface area contributed by atoms with Crippen molar-refractivity contribution in [3.8, 4) is 0 Å². The van der Waals surface area contributed by atoms with Crippen LogP contribution in [0.1, 0.15) is 17.4 Å². The number of benzene rings is 3. The summed E-state index contributed by atoms with van der Waals surface area (Å²) in [5.74, 6) is 0. The SMILES string of the molecule is O=[N+]([O-])c1ccccc1C1OCc2ccccc2N1CCNc1ccccc1Cl. The molecule has 0 saturated carbocycles. The van der Waals surface area contributed by atoms with E-state index in [9.17, 15) is 10.1 Å². The molecule has 29 heavy (non-hydrogen) atoms. The van der Waals surface area contributed by atoms with E-state index in [0.29, 0.717) is 30.3 Å². The first-order valence-corrected chi connectivity index (χ1v) is 9.71. The highest BCUT2D eigenvalue weighted by Gasteiger charge is 2.32. The van der Waals surface area contributed by atoms with Gasteiger partial charge in [-0.15, -0.1) is 0 Å². The summed E-state index contributed by atoms with van der Waals surface area (Å²) in [6, 6.07) is 22.3. The molecule has 4 rings (SSSR count). The van der Waals surface area contributed by atoms with E-state index in [1.165, 1.54) is 6.07 Å². The van der Waals surface area contributed by atoms with Crippen molar-refractivity contribution in [2.75, 3.05) is 23.3 Å². The van der Waals surface area contributed by atoms with Crippen molar-refractivity contribution in [3.05, 3.63) is 99.1 Å². The fourth-order valence-corrected chi connectivity index (χ4v) is 3.77. The summed E-state index contributed by atoms with van der Waals surface area (Å²) in [5, 5.41) is 15.5. The van der Waals surface area contributed by atoms with Crippen LogP contribution in [0.5, 0.6) is 0 Å². The minimum absolute atomic E-state index is 0.0564. The molecule has 0 spiro atoms. The number of para-hydroxylation sites is 3. The minimum Gasteiger partial charge on any atom is -0.382 e. The highest BCUT2D eigenvalue weighted by molar-refractivity contribution is 6.33. The van der Waals surface area contributed by atoms with Crippen LogP contribution in [0.15, 0.2) is 72.8 Å². The van der Waals surface area contributed by atoms with Crippen LogP contribution in [0.4, 0.5) is 17.1 Å². The highest BCUT2D eigenvalue weighted by Crippen LogP contribution is 2.39. The molecule has 6 nitrogen and oxygen atoms in total. The van der Waals surface area contributed by atoms with Crippen molar-refractivity contribution in [2.45, 2.75) is 12.8 Å². The van der Waals surface area contributed by atoms with Crippen LogP contribution in [0.25, 0.3) is 0 Å². The number of fused-ring (bicyclic) bond motifs is 1. The number of halogens is 1. The van der Waals surface area contributed by atoms with Gasteiger partial charge in [-0.3, -0.25) is 10.1 Å². The van der Waals surface area contributed by atoms with E-state index in [2.05, 4.69) is 10.2 Å². The van der Waals surface area contributed by atoms with Crippen LogP contribution in [0.2, 0.25) is 5.02 Å². The average Bonchev–Trinajstić information content (AvgIpc) is 2.75. The zero-order chi connectivity index (χ0) is 20.2. The Balaban J connectivity index is 1.63. The molecule has 7 heteroatoms. The van der Waals surface area contributed by atoms with Crippen LogP contribution in [-0.4, -0.2) is 18.0 Å². The van der Waals surface area contributed by atoms with Crippen molar-refractivity contribution in [3.63, 3.8) is 0 Å². The first-order chi connectivity index (χ1) is 14.1. The summed E-state index contributed by atoms with van der Waals surface area (Å²) in [5.41, 5.74) is 3.52. The van der Waals surface area contributed by atoms with Crippen LogP contribution in [0.3, 0.4) is 0 Å². The number of ether oxygens (including phenoxy) is 1. The summed E-state index contributed by atoms with van der Waals surface area (Å²) >= 11 is 6.23. The molecule has 1 aliphatic heterocycles. The lowest BCUT2D eigenvalue weighted by Gasteiger charge is -2.38. The van der Waals surface area contributed by atoms with Gasteiger partial charge < -0.3 is 15.0 Å². The molecule has 0 amide bonds. The van der Waals surface area contributed by atoms with Gasteiger partial charge in [0.15, 0.2) is 6.23 Å². The standard InChI is InChI=1S/C22H20ClN3O3/c23-18-9-3-4-10-19(18)24-13-14-25-20-11-5-1-7-16(20)15-29-22(25)17-8-2-6-12-21(17)26(27)28/h1-12,22,24H,13-15H2. The van der Waals surface area contributed by atoms with Crippen LogP contribution >= 0.6 is 11.6 Å². The van der Waals surface area contributed by atoms with Crippen molar-refractivity contribution in [1.82, 2.24) is 0 Å². The fourth-order valence-electron chi connectivity index (χ4n) is 3.57. The molecular formula is C22H20ClN3O3. The van der Waals surface area contributed by atoms with Crippen LogP contribution in [0, 0.1) is 10.1 Å². The first-order valence-electron chi connectivity index (χ1n) is 9.33. The maximum atomic E-state index is 11.6. The number of anilines is 2. The zero-order valence-corrected chi connectivity index (χ0v) is 16.4. The first kappa shape index (κ1) is 19.2. The third-order valence-corrected chi connectivity index (χ3v) is 5.25. The molecule has 0 aliphatic carbocycles. The normalized spacial score (nSPS) is 15.6. The molecule has 148 valence electrons. The molecule has 0 aromatic heterocycles. The summed E-state index contributed by atoms with van der Waals surface area (Å²) in [7, 11) is 0. The topological polar surface area (TPSA) is 67.6 Å². The van der Waals surface area contributed by atoms with E-state index in [-0.39, 0.29) is 10.6 Å². The largest absolute Gasteiger partial charge is 0.382 e. The zero-order valence-electron chi connectivity index (χ0n) is 15.6. The minimum atomic E-state index is -0.542. The smallest absolute Gasteiger partial charge is 0.277 e. The number of nitro groups is 1. The summed E-state index contributed by atoms with van der Waals surface area (Å²) < 4.78 is 6.09. The predicted molar refractivity (Wildman–Crippen MR) is 114 cm³/mol. The third kappa shape index (κ3) is 4.04. The van der Waals surface area contributed by atoms with Crippen molar-refractivity contribution >= 4 is 28.7 Å². The average molecular weight is 410 g/mol. The summed E-state index contributed by atoms with van der Waals surface area (Å²) in [6.45, 7) is 1.58. The Hall–Kier alpha value is -3.09. The van der Waals surface area contributed by atoms with Gasteiger partial charge in [-0.25, -0.2) is 0 Å². The van der Waals surface area contributed by atoms with Gasteiger partial charge >= 0.3 is 0 Å². The molecule has 1 heterocycles. The monoisotopic (exact) mass is 409 g/mol. The summed E-state index contributed by atoms with van der Waals surface area (Å²) in [6.07, 6.45) is -0.542. The molecule has 1 atom stereocenters. The van der Waals surface area contributed by atoms with E-state index in [1.54, 1.807) is 18.2 Å². The van der Waals surface area contributed by atoms with Crippen molar-refractivity contribution in [1.29, 1.82) is 0 Å². The van der Waals surface area contributed by atoms with E-state index in [0.717, 1.165) is 16.9 Å². The van der Waals surface area contributed by atoms with Gasteiger partial charge in [0.2, 0.25) is 0 Å². The molecule has 0 fully saturated rings. The second-order valence-corrected chi connectivity index (χ2v) is 7.12. The van der Waals surface area contributed by atoms with Gasteiger partial charge in [-0.1, -0.05) is 54.1 Å². The number of hydrogen-bond donors (Lipinski definition) is 1. The molecule has 1 N–H and O–H groups in total. The lowest BCUT2D eigenvalue weighted by molar-refractivity contribution is -0.386. The predicted octanol–water partition coefficient (Wildman–Crippen LogP) is 5.40. The van der Waals surface area contributed by atoms with Gasteiger partial charge in [-0.05, 0) is 24.3 Å². The molecular weight excluding hydrogens is 390 g/mol. The van der Waals surface area contributed by atoms with Crippen molar-refractivity contribution < 1.29 is 9.66 Å². The third-order valence-electron chi connectivity index (χ3n) is 4.92. The molecule has 0 bridgehead atoms. The Morgan fingerprint density at radius 1 is 1.07 bits per heavy atom. The molecule has 0 radical (unpaired) electrons. The van der Waals surface area contributed by atoms with E-state index in [1.807, 2.05) is 48.5 Å². The maximum absolute atomic E-state index is 11.6. The van der Waals surface area contributed by atoms with Gasteiger partial charge in [-0.2, -0.15) is 0 Å². The maximum Gasteiger partial charge on any atom is 0.277 e. The lowest BCUT2D eigenvalue weighted by atomic mass is 10.1. The van der Waals surface area contributed by atoms with Gasteiger partial charge in [0.1, 0.15) is 0 Å². The Bertz CT molecular complexity index is 1030. The Morgan fingerprint density at radius 2 is 1.79 bits per heavy atom. The summed E-state index contributed by atoms with van der Waals surface area (Å²) in [4.78, 5) is 13.3. The Morgan fingerprint density at radius 3 is 2.62 bits per heavy atom. The van der Waals surface area contributed by atoms with Crippen LogP contribution < -0.4 is 10.2 Å². The number of nitrogens with zero attached hydrogens (tertiary/aromatic N) is 2. The second kappa shape index (κ2) is 8.51. The number of nitro benzene ring substituents is 1. The molecule has 1 aliphatic rings. The van der Waals surface area contributed by atoms with E-state index >= 15 is 0 Å². The van der Waals surface area contributed by atoms with E-state index in [4.69, 9.17) is 16.3 Å². The molecule has 3 aromatic carbocycles. The van der Waals surface area contributed by atoms with Gasteiger partial charge in [0.05, 0.1) is 27.8 Å². The van der Waals surface area contributed by atoms with Crippen LogP contribution in [-0.2, 0) is 11.3 Å². The van der Waals surface area contributed by atoms with Gasteiger partial charge in [0, 0.05) is 30.4 Å². The Labute approximate surface area is 173 Å². The van der Waals surface area contributed by atoms with Gasteiger partial charge in [0.25, 0.3) is 5.69 Å². The number of nitrogens with one attached hydrogen (secondary N) is 1. The number of rotatable bonds is 6. The Kier molecular flexibility index (Phi) is 5.64. The molecule has 1 unspecified atom stereocenters. The lowest BCUT2D eigenvalue weighted by Crippen LogP contribution is -2.38. The second-order valence-electron chi connectivity index (χ2n) is 6.71. The van der Waals surface area contributed by atoms with Crippen molar-refractivity contribution in [2.24, 2.45) is 0 Å². The molecule has 0 saturated heterocycles. The molecule has 3 aromatic rings. The highest BCUT2D eigenvalue weighted by atomic mass is 35.5. The van der Waals surface area contributed by atoms with E-state index < -0.39 is 6.23 Å². The number of hydrogen-bond acceptors (Lipinski definition) is 5.